The molecule has 0 amide bonds. The van der Waals surface area contributed by atoms with Gasteiger partial charge in [0.25, 0.3) is 10.0 Å². The molecule has 4 rings (SSSR count). The number of anilines is 1. The van der Waals surface area contributed by atoms with E-state index in [-0.39, 0.29) is 10.3 Å². The number of benzene rings is 3. The molecule has 3 aromatic carbocycles. The van der Waals surface area contributed by atoms with E-state index < -0.39 is 10.0 Å². The Kier molecular flexibility index (Phi) is 5.67. The first-order valence-electron chi connectivity index (χ1n) is 10.2. The first kappa shape index (κ1) is 21.6. The monoisotopic (exact) mass is 452 g/mol. The van der Waals surface area contributed by atoms with E-state index in [0.717, 1.165) is 35.4 Å². The Balaban J connectivity index is 1.55. The molecule has 0 bridgehead atoms. The Bertz CT molecular complexity index is 1240. The molecule has 31 heavy (non-hydrogen) atoms. The van der Waals surface area contributed by atoms with Crippen LogP contribution in [0.15, 0.2) is 76.6 Å². The Morgan fingerprint density at radius 1 is 0.935 bits per heavy atom. The van der Waals surface area contributed by atoms with Gasteiger partial charge in [-0.25, -0.2) is 8.42 Å². The smallest absolute Gasteiger partial charge is 0.261 e. The number of hydrogen-bond donors (Lipinski definition) is 1. The van der Waals surface area contributed by atoms with Gasteiger partial charge in [-0.3, -0.25) is 9.71 Å². The molecular formula is C25H25ClN2O2S. The molecule has 1 heterocycles. The lowest BCUT2D eigenvalue weighted by Crippen LogP contribution is -2.16. The first-order valence-corrected chi connectivity index (χ1v) is 12.1. The van der Waals surface area contributed by atoms with Crippen LogP contribution < -0.4 is 4.72 Å². The van der Waals surface area contributed by atoms with Crippen molar-refractivity contribution in [2.24, 2.45) is 4.99 Å². The zero-order valence-corrected chi connectivity index (χ0v) is 19.4. The second-order valence-electron chi connectivity index (χ2n) is 8.74. The number of hydrogen-bond acceptors (Lipinski definition) is 3. The van der Waals surface area contributed by atoms with Gasteiger partial charge in [0.2, 0.25) is 0 Å². The minimum absolute atomic E-state index is 0.0315. The van der Waals surface area contributed by atoms with Crippen molar-refractivity contribution in [3.8, 4) is 0 Å². The average molecular weight is 453 g/mol. The van der Waals surface area contributed by atoms with E-state index in [4.69, 9.17) is 11.6 Å². The average Bonchev–Trinajstić information content (AvgIpc) is 2.73. The van der Waals surface area contributed by atoms with Crippen LogP contribution in [0.2, 0.25) is 5.02 Å². The SMILES string of the molecule is CC(C)(C)c1ccc(S(=O)(=O)Nc2ccc(C3=NCCc4ccc(Cl)cc43)cc2)cc1. The van der Waals surface area contributed by atoms with Gasteiger partial charge in [-0.05, 0) is 59.4 Å². The fourth-order valence-corrected chi connectivity index (χ4v) is 4.88. The summed E-state index contributed by atoms with van der Waals surface area (Å²) >= 11 is 6.19. The predicted molar refractivity (Wildman–Crippen MR) is 128 cm³/mol. The van der Waals surface area contributed by atoms with Crippen LogP contribution in [0.25, 0.3) is 0 Å². The topological polar surface area (TPSA) is 58.5 Å². The number of rotatable bonds is 4. The molecule has 0 spiro atoms. The quantitative estimate of drug-likeness (QED) is 0.541. The number of sulfonamides is 1. The summed E-state index contributed by atoms with van der Waals surface area (Å²) in [6.45, 7) is 7.01. The molecule has 0 unspecified atom stereocenters. The number of nitrogens with zero attached hydrogens (tertiary/aromatic N) is 1. The predicted octanol–water partition coefficient (Wildman–Crippen LogP) is 5.83. The summed E-state index contributed by atoms with van der Waals surface area (Å²) in [4.78, 5) is 4.92. The van der Waals surface area contributed by atoms with Crippen molar-refractivity contribution in [2.75, 3.05) is 11.3 Å². The summed E-state index contributed by atoms with van der Waals surface area (Å²) in [5.74, 6) is 0. The van der Waals surface area contributed by atoms with Crippen molar-refractivity contribution in [1.29, 1.82) is 0 Å². The summed E-state index contributed by atoms with van der Waals surface area (Å²) < 4.78 is 28.3. The number of halogens is 1. The van der Waals surface area contributed by atoms with Gasteiger partial charge in [0, 0.05) is 28.4 Å². The lowest BCUT2D eigenvalue weighted by molar-refractivity contribution is 0.587. The van der Waals surface area contributed by atoms with E-state index in [2.05, 4.69) is 30.5 Å². The van der Waals surface area contributed by atoms with Gasteiger partial charge in [0.1, 0.15) is 0 Å². The Hall–Kier alpha value is -2.63. The maximum absolute atomic E-state index is 12.8. The second-order valence-corrected chi connectivity index (χ2v) is 10.9. The number of nitrogens with one attached hydrogen (secondary N) is 1. The maximum Gasteiger partial charge on any atom is 0.261 e. The van der Waals surface area contributed by atoms with E-state index in [1.165, 1.54) is 5.56 Å². The highest BCUT2D eigenvalue weighted by atomic mass is 35.5. The third-order valence-electron chi connectivity index (χ3n) is 5.42. The Labute approximate surface area is 189 Å². The van der Waals surface area contributed by atoms with Crippen LogP contribution in [0.3, 0.4) is 0 Å². The molecule has 0 fully saturated rings. The summed E-state index contributed by atoms with van der Waals surface area (Å²) in [6.07, 6.45) is 0.891. The molecule has 1 aliphatic rings. The van der Waals surface area contributed by atoms with E-state index in [0.29, 0.717) is 10.7 Å². The van der Waals surface area contributed by atoms with Crippen LogP contribution in [0.1, 0.15) is 43.0 Å². The van der Waals surface area contributed by atoms with Gasteiger partial charge in [-0.2, -0.15) is 0 Å². The molecule has 4 nitrogen and oxygen atoms in total. The highest BCUT2D eigenvalue weighted by Crippen LogP contribution is 2.26. The van der Waals surface area contributed by atoms with Crippen LogP contribution in [-0.4, -0.2) is 20.7 Å². The van der Waals surface area contributed by atoms with Crippen LogP contribution in [0, 0.1) is 0 Å². The zero-order chi connectivity index (χ0) is 22.2. The molecule has 0 radical (unpaired) electrons. The van der Waals surface area contributed by atoms with Gasteiger partial charge in [0.05, 0.1) is 10.6 Å². The van der Waals surface area contributed by atoms with E-state index in [1.54, 1.807) is 24.3 Å². The molecule has 0 atom stereocenters. The minimum Gasteiger partial charge on any atom is -0.284 e. The molecule has 1 N–H and O–H groups in total. The highest BCUT2D eigenvalue weighted by molar-refractivity contribution is 7.92. The summed E-state index contributed by atoms with van der Waals surface area (Å²) in [7, 11) is -3.67. The summed E-state index contributed by atoms with van der Waals surface area (Å²) in [6, 6.07) is 20.2. The first-order chi connectivity index (χ1) is 14.6. The van der Waals surface area contributed by atoms with Crippen molar-refractivity contribution in [1.82, 2.24) is 0 Å². The van der Waals surface area contributed by atoms with E-state index in [1.807, 2.05) is 42.5 Å². The second kappa shape index (κ2) is 8.13. The van der Waals surface area contributed by atoms with Crippen molar-refractivity contribution in [3.63, 3.8) is 0 Å². The van der Waals surface area contributed by atoms with Gasteiger partial charge in [0.15, 0.2) is 0 Å². The lowest BCUT2D eigenvalue weighted by Gasteiger charge is -2.19. The Morgan fingerprint density at radius 3 is 2.26 bits per heavy atom. The standard InChI is InChI=1S/C25H25ClN2O2S/c1-25(2,3)19-7-12-22(13-8-19)31(29,30)28-21-10-5-18(6-11-21)24-23-16-20(26)9-4-17(23)14-15-27-24/h4-13,16,28H,14-15H2,1-3H3. The molecule has 0 saturated carbocycles. The lowest BCUT2D eigenvalue weighted by atomic mass is 9.87. The van der Waals surface area contributed by atoms with Crippen LogP contribution >= 0.6 is 11.6 Å². The van der Waals surface area contributed by atoms with Crippen molar-refractivity contribution >= 4 is 33.0 Å². The summed E-state index contributed by atoms with van der Waals surface area (Å²) in [5, 5.41) is 0.676. The Morgan fingerprint density at radius 2 is 1.61 bits per heavy atom. The maximum atomic E-state index is 12.8. The van der Waals surface area contributed by atoms with Gasteiger partial charge >= 0.3 is 0 Å². The van der Waals surface area contributed by atoms with Gasteiger partial charge < -0.3 is 0 Å². The van der Waals surface area contributed by atoms with E-state index in [9.17, 15) is 8.42 Å². The van der Waals surface area contributed by atoms with Gasteiger partial charge in [-0.1, -0.05) is 62.7 Å². The third kappa shape index (κ3) is 4.68. The normalized spacial score (nSPS) is 14.0. The van der Waals surface area contributed by atoms with Crippen LogP contribution in [0.5, 0.6) is 0 Å². The molecular weight excluding hydrogens is 428 g/mol. The molecule has 160 valence electrons. The third-order valence-corrected chi connectivity index (χ3v) is 7.05. The van der Waals surface area contributed by atoms with Crippen LogP contribution in [-0.2, 0) is 21.9 Å². The van der Waals surface area contributed by atoms with E-state index >= 15 is 0 Å². The molecule has 0 saturated heterocycles. The van der Waals surface area contributed by atoms with Crippen molar-refractivity contribution < 1.29 is 8.42 Å². The summed E-state index contributed by atoms with van der Waals surface area (Å²) in [5.41, 5.74) is 5.63. The zero-order valence-electron chi connectivity index (χ0n) is 17.8. The van der Waals surface area contributed by atoms with Crippen molar-refractivity contribution in [3.05, 3.63) is 94.0 Å². The molecule has 1 aliphatic heterocycles. The molecule has 6 heteroatoms. The fraction of sp³-hybridized carbons (Fsp3) is 0.240. The molecule has 0 aliphatic carbocycles. The van der Waals surface area contributed by atoms with Gasteiger partial charge in [-0.15, -0.1) is 0 Å². The minimum atomic E-state index is -3.67. The molecule has 3 aromatic rings. The highest BCUT2D eigenvalue weighted by Gasteiger charge is 2.19. The number of fused-ring (bicyclic) bond motifs is 1. The fourth-order valence-electron chi connectivity index (χ4n) is 3.65. The van der Waals surface area contributed by atoms with Crippen LogP contribution in [0.4, 0.5) is 5.69 Å². The largest absolute Gasteiger partial charge is 0.284 e. The van der Waals surface area contributed by atoms with Crippen molar-refractivity contribution in [2.45, 2.75) is 37.5 Å². The molecule has 0 aromatic heterocycles. The number of aliphatic imine (C=N–C) groups is 1.